The molecule has 2 aromatic rings. The van der Waals surface area contributed by atoms with Crippen molar-refractivity contribution < 1.29 is 9.47 Å². The minimum Gasteiger partial charge on any atom is -0.493 e. The molecule has 2 N–H and O–H groups in total. The molecular formula is C10H10N2O2S. The number of para-hydroxylation sites is 2. The van der Waals surface area contributed by atoms with Gasteiger partial charge in [-0.15, -0.1) is 0 Å². The Morgan fingerprint density at radius 1 is 1.27 bits per heavy atom. The number of aromatic nitrogens is 1. The first-order valence-corrected chi connectivity index (χ1v) is 5.13. The van der Waals surface area contributed by atoms with Crippen molar-refractivity contribution in [1.29, 1.82) is 0 Å². The van der Waals surface area contributed by atoms with E-state index in [0.29, 0.717) is 21.7 Å². The molecule has 0 saturated carbocycles. The molecule has 0 bridgehead atoms. The highest BCUT2D eigenvalue weighted by molar-refractivity contribution is 7.17. The van der Waals surface area contributed by atoms with Gasteiger partial charge in [-0.2, -0.15) is 0 Å². The number of ether oxygens (including phenoxy) is 2. The van der Waals surface area contributed by atoms with Gasteiger partial charge in [-0.1, -0.05) is 23.5 Å². The van der Waals surface area contributed by atoms with Crippen molar-refractivity contribution in [2.24, 2.45) is 0 Å². The number of thiazole rings is 1. The maximum atomic E-state index is 5.57. The predicted molar refractivity (Wildman–Crippen MR) is 59.6 cm³/mol. The molecule has 15 heavy (non-hydrogen) atoms. The maximum absolute atomic E-state index is 5.57. The van der Waals surface area contributed by atoms with Gasteiger partial charge in [0, 0.05) is 0 Å². The summed E-state index contributed by atoms with van der Waals surface area (Å²) in [5.74, 6) is 1.34. The second-order valence-corrected chi connectivity index (χ2v) is 3.80. The third kappa shape index (κ3) is 2.19. The zero-order valence-corrected chi connectivity index (χ0v) is 8.95. The van der Waals surface area contributed by atoms with Crippen LogP contribution in [-0.2, 0) is 0 Å². The summed E-state index contributed by atoms with van der Waals surface area (Å²) in [4.78, 5) is 3.90. The first-order valence-electron chi connectivity index (χ1n) is 4.32. The van der Waals surface area contributed by atoms with Crippen molar-refractivity contribution >= 4 is 16.5 Å². The standard InChI is InChI=1S/C10H10N2O2S/c1-13-7-4-2-3-5-8(7)14-9-6-12-10(11)15-9/h2-6H,1H3,(H2,11,12). The molecule has 0 atom stereocenters. The Kier molecular flexibility index (Phi) is 2.73. The summed E-state index contributed by atoms with van der Waals surface area (Å²) in [7, 11) is 1.60. The Labute approximate surface area is 91.3 Å². The summed E-state index contributed by atoms with van der Waals surface area (Å²) < 4.78 is 10.7. The summed E-state index contributed by atoms with van der Waals surface area (Å²) in [5, 5.41) is 1.14. The second-order valence-electron chi connectivity index (χ2n) is 2.77. The minimum atomic E-state index is 0.486. The Morgan fingerprint density at radius 2 is 2.00 bits per heavy atom. The molecule has 0 spiro atoms. The molecule has 78 valence electrons. The van der Waals surface area contributed by atoms with Crippen molar-refractivity contribution in [3.63, 3.8) is 0 Å². The van der Waals surface area contributed by atoms with Crippen LogP contribution >= 0.6 is 11.3 Å². The van der Waals surface area contributed by atoms with Gasteiger partial charge in [0.15, 0.2) is 16.6 Å². The zero-order valence-electron chi connectivity index (χ0n) is 8.14. The quantitative estimate of drug-likeness (QED) is 0.867. The maximum Gasteiger partial charge on any atom is 0.202 e. The van der Waals surface area contributed by atoms with Gasteiger partial charge in [-0.25, -0.2) is 4.98 Å². The molecule has 0 radical (unpaired) electrons. The van der Waals surface area contributed by atoms with Crippen LogP contribution < -0.4 is 15.2 Å². The van der Waals surface area contributed by atoms with E-state index in [1.807, 2.05) is 24.3 Å². The van der Waals surface area contributed by atoms with Crippen LogP contribution in [-0.4, -0.2) is 12.1 Å². The molecule has 1 heterocycles. The normalized spacial score (nSPS) is 9.93. The molecule has 0 aliphatic heterocycles. The molecule has 2 rings (SSSR count). The molecule has 0 fully saturated rings. The van der Waals surface area contributed by atoms with E-state index < -0.39 is 0 Å². The summed E-state index contributed by atoms with van der Waals surface area (Å²) in [6.07, 6.45) is 1.59. The van der Waals surface area contributed by atoms with Crippen LogP contribution in [0.5, 0.6) is 16.6 Å². The summed E-state index contributed by atoms with van der Waals surface area (Å²) in [5.41, 5.74) is 5.50. The monoisotopic (exact) mass is 222 g/mol. The average molecular weight is 222 g/mol. The molecule has 0 aliphatic rings. The fraction of sp³-hybridized carbons (Fsp3) is 0.100. The van der Waals surface area contributed by atoms with E-state index in [-0.39, 0.29) is 0 Å². The van der Waals surface area contributed by atoms with Gasteiger partial charge in [0.05, 0.1) is 13.3 Å². The summed E-state index contributed by atoms with van der Waals surface area (Å²) >= 11 is 1.29. The number of hydrogen-bond acceptors (Lipinski definition) is 5. The van der Waals surface area contributed by atoms with E-state index in [4.69, 9.17) is 15.2 Å². The lowest BCUT2D eigenvalue weighted by molar-refractivity contribution is 0.381. The van der Waals surface area contributed by atoms with Crippen LogP contribution in [0.3, 0.4) is 0 Å². The van der Waals surface area contributed by atoms with Crippen LogP contribution in [0.2, 0.25) is 0 Å². The molecule has 1 aromatic carbocycles. The van der Waals surface area contributed by atoms with E-state index in [2.05, 4.69) is 4.98 Å². The highest BCUT2D eigenvalue weighted by Gasteiger charge is 2.06. The highest BCUT2D eigenvalue weighted by Crippen LogP contribution is 2.34. The SMILES string of the molecule is COc1ccccc1Oc1cnc(N)s1. The van der Waals surface area contributed by atoms with E-state index in [9.17, 15) is 0 Å². The van der Waals surface area contributed by atoms with Gasteiger partial charge in [-0.3, -0.25) is 0 Å². The van der Waals surface area contributed by atoms with Gasteiger partial charge in [-0.05, 0) is 12.1 Å². The summed E-state index contributed by atoms with van der Waals surface area (Å²) in [6.45, 7) is 0. The molecule has 1 aromatic heterocycles. The van der Waals surface area contributed by atoms with Crippen molar-refractivity contribution in [2.45, 2.75) is 0 Å². The van der Waals surface area contributed by atoms with Crippen LogP contribution in [0.4, 0.5) is 5.13 Å². The van der Waals surface area contributed by atoms with Crippen molar-refractivity contribution in [3.8, 4) is 16.6 Å². The molecule has 0 unspecified atom stereocenters. The number of rotatable bonds is 3. The lowest BCUT2D eigenvalue weighted by atomic mass is 10.3. The van der Waals surface area contributed by atoms with Gasteiger partial charge in [0.2, 0.25) is 5.06 Å². The van der Waals surface area contributed by atoms with Crippen LogP contribution in [0, 0.1) is 0 Å². The van der Waals surface area contributed by atoms with Gasteiger partial charge in [0.25, 0.3) is 0 Å². The number of hydrogen-bond donors (Lipinski definition) is 1. The Morgan fingerprint density at radius 3 is 2.60 bits per heavy atom. The molecule has 4 nitrogen and oxygen atoms in total. The largest absolute Gasteiger partial charge is 0.493 e. The lowest BCUT2D eigenvalue weighted by Gasteiger charge is -2.06. The number of anilines is 1. The Balaban J connectivity index is 2.23. The Bertz CT molecular complexity index is 456. The second kappa shape index (κ2) is 4.18. The van der Waals surface area contributed by atoms with E-state index in [1.54, 1.807) is 13.3 Å². The van der Waals surface area contributed by atoms with Crippen molar-refractivity contribution in [1.82, 2.24) is 4.98 Å². The van der Waals surface area contributed by atoms with E-state index >= 15 is 0 Å². The third-order valence-corrected chi connectivity index (χ3v) is 2.49. The van der Waals surface area contributed by atoms with Crippen molar-refractivity contribution in [2.75, 3.05) is 12.8 Å². The van der Waals surface area contributed by atoms with Crippen LogP contribution in [0.15, 0.2) is 30.5 Å². The minimum absolute atomic E-state index is 0.486. The lowest BCUT2D eigenvalue weighted by Crippen LogP contribution is -1.87. The fourth-order valence-electron chi connectivity index (χ4n) is 1.13. The zero-order chi connectivity index (χ0) is 10.7. The highest BCUT2D eigenvalue weighted by atomic mass is 32.1. The molecular weight excluding hydrogens is 212 g/mol. The van der Waals surface area contributed by atoms with E-state index in [1.165, 1.54) is 11.3 Å². The number of nitrogen functional groups attached to an aromatic ring is 1. The van der Waals surface area contributed by atoms with E-state index in [0.717, 1.165) is 0 Å². The van der Waals surface area contributed by atoms with Crippen LogP contribution in [0.1, 0.15) is 0 Å². The Hall–Kier alpha value is -1.75. The average Bonchev–Trinajstić information content (AvgIpc) is 2.65. The number of benzene rings is 1. The summed E-state index contributed by atoms with van der Waals surface area (Å²) in [6, 6.07) is 7.42. The first kappa shape index (κ1) is 9.79. The van der Waals surface area contributed by atoms with Gasteiger partial charge in [0.1, 0.15) is 0 Å². The molecule has 0 amide bonds. The van der Waals surface area contributed by atoms with Crippen molar-refractivity contribution in [3.05, 3.63) is 30.5 Å². The third-order valence-electron chi connectivity index (χ3n) is 1.78. The topological polar surface area (TPSA) is 57.4 Å². The van der Waals surface area contributed by atoms with Crippen LogP contribution in [0.25, 0.3) is 0 Å². The first-order chi connectivity index (χ1) is 7.29. The number of methoxy groups -OCH3 is 1. The molecule has 0 saturated heterocycles. The number of nitrogens with two attached hydrogens (primary N) is 1. The molecule has 5 heteroatoms. The van der Waals surface area contributed by atoms with Gasteiger partial charge < -0.3 is 15.2 Å². The molecule has 0 aliphatic carbocycles. The fourth-order valence-corrected chi connectivity index (χ4v) is 1.68. The predicted octanol–water partition coefficient (Wildman–Crippen LogP) is 2.53. The number of nitrogens with zero attached hydrogens (tertiary/aromatic N) is 1. The smallest absolute Gasteiger partial charge is 0.202 e. The van der Waals surface area contributed by atoms with Gasteiger partial charge >= 0.3 is 0 Å².